The molecule has 0 fully saturated rings. The maximum Gasteiger partial charge on any atom is 0.274 e. The lowest BCUT2D eigenvalue weighted by atomic mass is 10.1. The average Bonchev–Trinajstić information content (AvgIpc) is 3.36. The molecule has 0 atom stereocenters. The number of nitrogens with one attached hydrogen (secondary N) is 2. The van der Waals surface area contributed by atoms with Gasteiger partial charge in [0, 0.05) is 38.8 Å². The molecule has 0 aliphatic heterocycles. The van der Waals surface area contributed by atoms with Crippen LogP contribution in [0.15, 0.2) is 60.8 Å². The van der Waals surface area contributed by atoms with Gasteiger partial charge in [0.2, 0.25) is 0 Å². The van der Waals surface area contributed by atoms with Crippen molar-refractivity contribution in [2.45, 2.75) is 27.2 Å². The zero-order valence-electron chi connectivity index (χ0n) is 19.6. The Morgan fingerprint density at radius 1 is 1.31 bits per heavy atom. The topological polar surface area (TPSA) is 83.0 Å². The first-order valence-electron chi connectivity index (χ1n) is 10.6. The van der Waals surface area contributed by atoms with E-state index in [1.165, 1.54) is 0 Å². The van der Waals surface area contributed by atoms with E-state index < -0.39 is 0 Å². The number of aromatic amines is 1. The van der Waals surface area contributed by atoms with Gasteiger partial charge in [-0.3, -0.25) is 14.7 Å². The number of carbonyl (C=O) groups excluding carboxylic acids is 2. The standard InChI is InChI=1S/C19H23N5O2.C6H10/c1-13-7-8-15-14(12-13)17(22-21-15)19(26)24(3)11-5-9-20-18(25)16-6-4-10-23(16)2;1-4-5-6(2)3/h4,6-8,10,12H,5,9,11H2,1-3H3,(H,20,25)(H,21,22);4-5H,2H2,1,3H3/b;5-4-. The number of nitrogens with zero attached hydrogens (tertiary/aromatic N) is 3. The number of amides is 2. The third-order valence-electron chi connectivity index (χ3n) is 4.85. The second-order valence-electron chi connectivity index (χ2n) is 7.81. The molecule has 7 heteroatoms. The predicted octanol–water partition coefficient (Wildman–Crippen LogP) is 4.24. The lowest BCUT2D eigenvalue weighted by Crippen LogP contribution is -2.32. The first-order chi connectivity index (χ1) is 15.2. The van der Waals surface area contributed by atoms with Gasteiger partial charge in [0.1, 0.15) is 5.69 Å². The third kappa shape index (κ3) is 6.70. The van der Waals surface area contributed by atoms with Crippen LogP contribution in [0, 0.1) is 6.92 Å². The summed E-state index contributed by atoms with van der Waals surface area (Å²) in [5, 5.41) is 10.8. The van der Waals surface area contributed by atoms with E-state index in [0.29, 0.717) is 30.9 Å². The van der Waals surface area contributed by atoms with E-state index in [4.69, 9.17) is 0 Å². The minimum Gasteiger partial charge on any atom is -0.351 e. The van der Waals surface area contributed by atoms with E-state index in [1.54, 1.807) is 22.6 Å². The van der Waals surface area contributed by atoms with Gasteiger partial charge >= 0.3 is 0 Å². The van der Waals surface area contributed by atoms with Crippen LogP contribution in [-0.4, -0.2) is 51.6 Å². The quantitative estimate of drug-likeness (QED) is 0.430. The van der Waals surface area contributed by atoms with Crippen molar-refractivity contribution in [2.24, 2.45) is 7.05 Å². The maximum atomic E-state index is 12.6. The molecular weight excluding hydrogens is 402 g/mol. The minimum absolute atomic E-state index is 0.111. The number of aryl methyl sites for hydroxylation is 2. The Morgan fingerprint density at radius 2 is 2.06 bits per heavy atom. The van der Waals surface area contributed by atoms with Gasteiger partial charge in [-0.1, -0.05) is 35.9 Å². The number of allylic oxidation sites excluding steroid dienone is 3. The van der Waals surface area contributed by atoms with Crippen molar-refractivity contribution in [3.05, 3.63) is 77.8 Å². The largest absolute Gasteiger partial charge is 0.351 e. The van der Waals surface area contributed by atoms with Crippen LogP contribution in [0.2, 0.25) is 0 Å². The van der Waals surface area contributed by atoms with Crippen molar-refractivity contribution in [1.82, 2.24) is 25.0 Å². The summed E-state index contributed by atoms with van der Waals surface area (Å²) >= 11 is 0. The van der Waals surface area contributed by atoms with Crippen molar-refractivity contribution in [2.75, 3.05) is 20.1 Å². The van der Waals surface area contributed by atoms with Crippen molar-refractivity contribution in [3.63, 3.8) is 0 Å². The van der Waals surface area contributed by atoms with Gasteiger partial charge < -0.3 is 14.8 Å². The Hall–Kier alpha value is -3.61. The molecule has 2 heterocycles. The van der Waals surface area contributed by atoms with Gasteiger partial charge in [-0.2, -0.15) is 5.10 Å². The molecule has 0 bridgehead atoms. The number of H-pyrrole nitrogens is 1. The molecule has 170 valence electrons. The van der Waals surface area contributed by atoms with Crippen LogP contribution in [0.1, 0.15) is 46.8 Å². The second-order valence-corrected chi connectivity index (χ2v) is 7.81. The molecule has 0 aliphatic rings. The van der Waals surface area contributed by atoms with Crippen molar-refractivity contribution in [3.8, 4) is 0 Å². The Kier molecular flexibility index (Phi) is 9.01. The predicted molar refractivity (Wildman–Crippen MR) is 130 cm³/mol. The van der Waals surface area contributed by atoms with Gasteiger partial charge in [-0.05, 0) is 51.5 Å². The Morgan fingerprint density at radius 3 is 2.66 bits per heavy atom. The fraction of sp³-hybridized carbons (Fsp3) is 0.320. The molecule has 2 amide bonds. The van der Waals surface area contributed by atoms with Crippen molar-refractivity contribution >= 4 is 22.7 Å². The molecule has 2 aromatic heterocycles. The minimum atomic E-state index is -0.129. The lowest BCUT2D eigenvalue weighted by molar-refractivity contribution is 0.0789. The van der Waals surface area contributed by atoms with Crippen LogP contribution in [0.5, 0.6) is 0 Å². The van der Waals surface area contributed by atoms with Gasteiger partial charge in [0.05, 0.1) is 5.52 Å². The van der Waals surface area contributed by atoms with Crippen molar-refractivity contribution < 1.29 is 9.59 Å². The number of benzene rings is 1. The van der Waals surface area contributed by atoms with Crippen LogP contribution in [-0.2, 0) is 7.05 Å². The monoisotopic (exact) mass is 435 g/mol. The highest BCUT2D eigenvalue weighted by molar-refractivity contribution is 6.04. The highest BCUT2D eigenvalue weighted by Crippen LogP contribution is 2.18. The molecule has 0 radical (unpaired) electrons. The van der Waals surface area contributed by atoms with Crippen LogP contribution < -0.4 is 5.32 Å². The molecule has 0 aliphatic carbocycles. The molecule has 0 saturated heterocycles. The Balaban J connectivity index is 0.000000534. The molecule has 7 nitrogen and oxygen atoms in total. The van der Waals surface area contributed by atoms with E-state index in [-0.39, 0.29) is 11.8 Å². The smallest absolute Gasteiger partial charge is 0.274 e. The van der Waals surface area contributed by atoms with Gasteiger partial charge in [0.15, 0.2) is 5.69 Å². The van der Waals surface area contributed by atoms with E-state index in [0.717, 1.165) is 22.0 Å². The van der Waals surface area contributed by atoms with Gasteiger partial charge in [0.25, 0.3) is 11.8 Å². The molecule has 3 aromatic rings. The second kappa shape index (κ2) is 11.7. The number of rotatable bonds is 7. The highest BCUT2D eigenvalue weighted by atomic mass is 16.2. The van der Waals surface area contributed by atoms with Crippen molar-refractivity contribution in [1.29, 1.82) is 0 Å². The summed E-state index contributed by atoms with van der Waals surface area (Å²) in [7, 11) is 3.58. The number of carbonyl (C=O) groups is 2. The van der Waals surface area contributed by atoms with Gasteiger partial charge in [-0.15, -0.1) is 0 Å². The molecule has 3 rings (SSSR count). The fourth-order valence-corrected chi connectivity index (χ4v) is 3.16. The van der Waals surface area contributed by atoms with E-state index in [2.05, 4.69) is 22.1 Å². The summed E-state index contributed by atoms with van der Waals surface area (Å²) in [5.41, 5.74) is 4.09. The third-order valence-corrected chi connectivity index (χ3v) is 4.85. The van der Waals surface area contributed by atoms with E-state index in [9.17, 15) is 9.59 Å². The van der Waals surface area contributed by atoms with Crippen LogP contribution in [0.25, 0.3) is 10.9 Å². The van der Waals surface area contributed by atoms with E-state index >= 15 is 0 Å². The first kappa shape index (κ1) is 24.7. The summed E-state index contributed by atoms with van der Waals surface area (Å²) in [5.74, 6) is -0.240. The molecule has 1 aromatic carbocycles. The van der Waals surface area contributed by atoms with Crippen LogP contribution >= 0.6 is 0 Å². The number of fused-ring (bicyclic) bond motifs is 1. The number of hydrogen-bond donors (Lipinski definition) is 2. The normalized spacial score (nSPS) is 10.7. The SMILES string of the molecule is C=C(C)/C=C\C.Cc1ccc2[nH]nc(C(=O)N(C)CCCNC(=O)c3cccn3C)c2c1. The highest BCUT2D eigenvalue weighted by Gasteiger charge is 2.18. The zero-order chi connectivity index (χ0) is 23.7. The Labute approximate surface area is 189 Å². The van der Waals surface area contributed by atoms with Crippen LogP contribution in [0.4, 0.5) is 0 Å². The summed E-state index contributed by atoms with van der Waals surface area (Å²) in [4.78, 5) is 26.3. The average molecular weight is 436 g/mol. The first-order valence-corrected chi connectivity index (χ1v) is 10.6. The summed E-state index contributed by atoms with van der Waals surface area (Å²) in [6, 6.07) is 9.47. The summed E-state index contributed by atoms with van der Waals surface area (Å²) < 4.78 is 1.77. The Bertz CT molecular complexity index is 1110. The zero-order valence-corrected chi connectivity index (χ0v) is 19.6. The molecule has 0 spiro atoms. The molecule has 0 saturated carbocycles. The number of aromatic nitrogens is 3. The summed E-state index contributed by atoms with van der Waals surface area (Å²) in [6.45, 7) is 10.6. The fourth-order valence-electron chi connectivity index (χ4n) is 3.16. The molecular formula is C25H33N5O2. The lowest BCUT2D eigenvalue weighted by Gasteiger charge is -2.16. The summed E-state index contributed by atoms with van der Waals surface area (Å²) in [6.07, 6.45) is 6.44. The van der Waals surface area contributed by atoms with Crippen LogP contribution in [0.3, 0.4) is 0 Å². The van der Waals surface area contributed by atoms with Gasteiger partial charge in [-0.25, -0.2) is 0 Å². The molecule has 32 heavy (non-hydrogen) atoms. The maximum absolute atomic E-state index is 12.6. The molecule has 2 N–H and O–H groups in total. The van der Waals surface area contributed by atoms with E-state index in [1.807, 2.05) is 70.4 Å². The number of hydrogen-bond acceptors (Lipinski definition) is 3. The molecule has 0 unspecified atom stereocenters.